The number of carbonyl (C=O) groups excluding carboxylic acids is 1. The van der Waals surface area contributed by atoms with Crippen molar-refractivity contribution in [2.24, 2.45) is 0 Å². The lowest BCUT2D eigenvalue weighted by Gasteiger charge is -2.42. The fourth-order valence-electron chi connectivity index (χ4n) is 4.64. The van der Waals surface area contributed by atoms with Crippen LogP contribution in [0.15, 0.2) is 35.2 Å². The number of hydrogen-bond donors (Lipinski definition) is 2. The van der Waals surface area contributed by atoms with Gasteiger partial charge in [-0.2, -0.15) is 13.2 Å². The van der Waals surface area contributed by atoms with Gasteiger partial charge in [0.25, 0.3) is 5.91 Å². The zero-order valence-electron chi connectivity index (χ0n) is 17.8. The van der Waals surface area contributed by atoms with Gasteiger partial charge in [0.05, 0.1) is 17.8 Å². The molecule has 32 heavy (non-hydrogen) atoms. The summed E-state index contributed by atoms with van der Waals surface area (Å²) in [6.07, 6.45) is -0.0518. The number of thiazole rings is 1. The first-order chi connectivity index (χ1) is 15.1. The normalized spacial score (nSPS) is 25.9. The van der Waals surface area contributed by atoms with Crippen molar-refractivity contribution in [1.29, 1.82) is 0 Å². The van der Waals surface area contributed by atoms with Crippen LogP contribution in [-0.4, -0.2) is 50.9 Å². The third kappa shape index (κ3) is 4.18. The maximum atomic E-state index is 13.3. The molecule has 2 aliphatic rings. The lowest BCUT2D eigenvalue weighted by atomic mass is 9.71. The number of hydrogen-bond acceptors (Lipinski definition) is 5. The van der Waals surface area contributed by atoms with Crippen LogP contribution in [0.4, 0.5) is 13.2 Å². The molecule has 9 heteroatoms. The van der Waals surface area contributed by atoms with Gasteiger partial charge < -0.3 is 15.1 Å². The Hall–Kier alpha value is -1.97. The lowest BCUT2D eigenvalue weighted by Crippen LogP contribution is -2.47. The molecule has 2 N–H and O–H groups in total. The van der Waals surface area contributed by atoms with Crippen LogP contribution in [0.25, 0.3) is 0 Å². The highest BCUT2D eigenvalue weighted by Crippen LogP contribution is 2.43. The second-order valence-electron chi connectivity index (χ2n) is 9.13. The van der Waals surface area contributed by atoms with Crippen molar-refractivity contribution in [3.63, 3.8) is 0 Å². The van der Waals surface area contributed by atoms with Crippen LogP contribution in [0.1, 0.15) is 67.1 Å². The molecule has 0 aliphatic heterocycles. The minimum absolute atomic E-state index is 0.0153. The summed E-state index contributed by atoms with van der Waals surface area (Å²) in [5, 5.41) is 21.9. The van der Waals surface area contributed by atoms with Crippen LogP contribution in [0.5, 0.6) is 0 Å². The molecule has 1 aromatic heterocycles. The highest BCUT2D eigenvalue weighted by atomic mass is 32.1. The molecular formula is C23H27F3N2O3S. The largest absolute Gasteiger partial charge is 0.421 e. The van der Waals surface area contributed by atoms with Crippen LogP contribution < -0.4 is 0 Å². The molecule has 1 amide bonds. The predicted molar refractivity (Wildman–Crippen MR) is 114 cm³/mol. The number of aliphatic hydroxyl groups excluding tert-OH is 1. The molecule has 2 aliphatic carbocycles. The van der Waals surface area contributed by atoms with Crippen LogP contribution in [0, 0.1) is 0 Å². The Morgan fingerprint density at radius 1 is 1.16 bits per heavy atom. The van der Waals surface area contributed by atoms with Crippen molar-refractivity contribution in [2.75, 3.05) is 6.61 Å². The first kappa shape index (κ1) is 23.2. The van der Waals surface area contributed by atoms with Crippen molar-refractivity contribution in [3.8, 4) is 0 Å². The highest BCUT2D eigenvalue weighted by molar-refractivity contribution is 7.07. The zero-order valence-corrected chi connectivity index (χ0v) is 18.6. The van der Waals surface area contributed by atoms with Gasteiger partial charge in [0, 0.05) is 28.4 Å². The fourth-order valence-corrected chi connectivity index (χ4v) is 5.31. The van der Waals surface area contributed by atoms with Crippen LogP contribution >= 0.6 is 11.3 Å². The quantitative estimate of drug-likeness (QED) is 0.660. The molecule has 0 bridgehead atoms. The van der Waals surface area contributed by atoms with Gasteiger partial charge in [0.2, 0.25) is 0 Å². The molecule has 0 saturated heterocycles. The van der Waals surface area contributed by atoms with Crippen molar-refractivity contribution in [2.45, 2.75) is 74.7 Å². The number of amides is 1. The number of aliphatic hydroxyl groups is 2. The molecule has 1 heterocycles. The Morgan fingerprint density at radius 2 is 1.75 bits per heavy atom. The van der Waals surface area contributed by atoms with E-state index in [9.17, 15) is 28.2 Å². The van der Waals surface area contributed by atoms with E-state index in [0.29, 0.717) is 12.5 Å². The van der Waals surface area contributed by atoms with Crippen LogP contribution in [0.3, 0.4) is 0 Å². The Morgan fingerprint density at radius 3 is 2.22 bits per heavy atom. The maximum Gasteiger partial charge on any atom is 0.421 e. The Balaban J connectivity index is 1.50. The summed E-state index contributed by atoms with van der Waals surface area (Å²) < 4.78 is 39.3. The van der Waals surface area contributed by atoms with E-state index in [0.717, 1.165) is 44.2 Å². The molecule has 0 unspecified atom stereocenters. The van der Waals surface area contributed by atoms with Crippen molar-refractivity contribution >= 4 is 17.2 Å². The van der Waals surface area contributed by atoms with Gasteiger partial charge >= 0.3 is 6.18 Å². The fraction of sp³-hybridized carbons (Fsp3) is 0.565. The molecule has 4 rings (SSSR count). The second kappa shape index (κ2) is 8.43. The minimum atomic E-state index is -4.81. The second-order valence-corrected chi connectivity index (χ2v) is 9.85. The third-order valence-corrected chi connectivity index (χ3v) is 7.59. The zero-order chi connectivity index (χ0) is 23.1. The molecule has 1 aromatic carbocycles. The van der Waals surface area contributed by atoms with Gasteiger partial charge in [0.1, 0.15) is 0 Å². The number of benzene rings is 1. The molecule has 2 fully saturated rings. The SMILES string of the molecule is C[C@](O)(c1ccc(C(=O)N(C2CC2)[C@H]2CC[C@@](CO)(c3cscn3)CC2)cc1)C(F)(F)F. The lowest BCUT2D eigenvalue weighted by molar-refractivity contribution is -0.258. The van der Waals surface area contributed by atoms with Crippen molar-refractivity contribution in [3.05, 3.63) is 52.0 Å². The van der Waals surface area contributed by atoms with Gasteiger partial charge in [-0.3, -0.25) is 4.79 Å². The summed E-state index contributed by atoms with van der Waals surface area (Å²) in [7, 11) is 0. The molecule has 2 aromatic rings. The Bertz CT molecular complexity index is 932. The smallest absolute Gasteiger partial charge is 0.395 e. The summed E-state index contributed by atoms with van der Waals surface area (Å²) in [5.74, 6) is -0.194. The molecule has 0 spiro atoms. The minimum Gasteiger partial charge on any atom is -0.395 e. The van der Waals surface area contributed by atoms with Gasteiger partial charge in [-0.05, 0) is 63.1 Å². The monoisotopic (exact) mass is 468 g/mol. The number of carbonyl (C=O) groups is 1. The summed E-state index contributed by atoms with van der Waals surface area (Å²) in [4.78, 5) is 19.6. The van der Waals surface area contributed by atoms with Gasteiger partial charge in [-0.15, -0.1) is 11.3 Å². The number of alkyl halides is 3. The standard InChI is InChI=1S/C23H27F3N2O3S/c1-21(31,23(24,25)26)16-4-2-15(3-5-16)20(30)28(17-6-7-17)18-8-10-22(13-29,11-9-18)19-12-32-14-27-19/h2-5,12,14,17-18,29,31H,6-11,13H2,1H3/t18-,21-,22+/m0/s1. The van der Waals surface area contributed by atoms with Crippen LogP contribution in [-0.2, 0) is 11.0 Å². The highest BCUT2D eigenvalue weighted by Gasteiger charge is 2.51. The molecule has 174 valence electrons. The number of aromatic nitrogens is 1. The van der Waals surface area contributed by atoms with Gasteiger partial charge in [-0.1, -0.05) is 12.1 Å². The van der Waals surface area contributed by atoms with Crippen molar-refractivity contribution in [1.82, 2.24) is 9.88 Å². The number of halogens is 3. The first-order valence-electron chi connectivity index (χ1n) is 10.8. The Kier molecular flexibility index (Phi) is 6.11. The summed E-state index contributed by atoms with van der Waals surface area (Å²) >= 11 is 1.50. The van der Waals surface area contributed by atoms with Crippen LogP contribution in [0.2, 0.25) is 0 Å². The predicted octanol–water partition coefficient (Wildman–Crippen LogP) is 4.39. The summed E-state index contributed by atoms with van der Waals surface area (Å²) in [6, 6.07) is 5.24. The average molecular weight is 469 g/mol. The van der Waals surface area contributed by atoms with Gasteiger partial charge in [0.15, 0.2) is 5.60 Å². The number of nitrogens with zero attached hydrogens (tertiary/aromatic N) is 2. The molecule has 2 saturated carbocycles. The average Bonchev–Trinajstić information content (AvgIpc) is 3.44. The molecule has 0 radical (unpaired) electrons. The van der Waals surface area contributed by atoms with E-state index in [4.69, 9.17) is 0 Å². The van der Waals surface area contributed by atoms with E-state index >= 15 is 0 Å². The topological polar surface area (TPSA) is 73.7 Å². The van der Waals surface area contributed by atoms with E-state index in [1.165, 1.54) is 35.6 Å². The molecule has 1 atom stereocenters. The van der Waals surface area contributed by atoms with Gasteiger partial charge in [-0.25, -0.2) is 4.98 Å². The van der Waals surface area contributed by atoms with E-state index in [-0.39, 0.29) is 35.6 Å². The molecule has 5 nitrogen and oxygen atoms in total. The Labute approximate surface area is 188 Å². The van der Waals surface area contributed by atoms with E-state index in [1.54, 1.807) is 5.51 Å². The van der Waals surface area contributed by atoms with E-state index < -0.39 is 11.8 Å². The third-order valence-electron chi connectivity index (χ3n) is 7.00. The maximum absolute atomic E-state index is 13.3. The van der Waals surface area contributed by atoms with E-state index in [2.05, 4.69) is 4.98 Å². The first-order valence-corrected chi connectivity index (χ1v) is 11.8. The van der Waals surface area contributed by atoms with Crippen molar-refractivity contribution < 1.29 is 28.2 Å². The summed E-state index contributed by atoms with van der Waals surface area (Å²) in [5.41, 5.74) is -0.666. The molecular weight excluding hydrogens is 441 g/mol. The van der Waals surface area contributed by atoms with E-state index in [1.807, 2.05) is 10.3 Å². The number of rotatable bonds is 6. The summed E-state index contributed by atoms with van der Waals surface area (Å²) in [6.45, 7) is 0.722.